The average Bonchev–Trinajstić information content (AvgIpc) is 2.99. The van der Waals surface area contributed by atoms with Gasteiger partial charge in [-0.2, -0.15) is 29.9 Å². The number of hydrogen-bond acceptors (Lipinski definition) is 17. The van der Waals surface area contributed by atoms with Gasteiger partial charge in [0.05, 0.1) is 26.4 Å². The number of nitrogens with zero attached hydrogens (tertiary/aromatic N) is 6. The molecule has 0 bridgehead atoms. The van der Waals surface area contributed by atoms with Crippen LogP contribution in [0.15, 0.2) is 48.5 Å². The molecule has 2 aromatic heterocycles. The molecule has 2 heterocycles. The Morgan fingerprint density at radius 3 is 1.49 bits per heavy atom. The number of nitrogen functional groups attached to an aromatic ring is 2. The van der Waals surface area contributed by atoms with Crippen molar-refractivity contribution in [2.45, 2.75) is 0 Å². The molecule has 2 aromatic carbocycles. The van der Waals surface area contributed by atoms with Crippen LogP contribution in [0.2, 0.25) is 0 Å². The summed E-state index contributed by atoms with van der Waals surface area (Å²) in [5.74, 6) is 1.91. The number of aliphatic hydroxyl groups excluding tert-OH is 2. The van der Waals surface area contributed by atoms with Gasteiger partial charge in [0.15, 0.2) is 0 Å². The van der Waals surface area contributed by atoms with Crippen LogP contribution in [0.25, 0.3) is 0 Å². The lowest BCUT2D eigenvalue weighted by atomic mass is 10.3. The van der Waals surface area contributed by atoms with E-state index < -0.39 is 0 Å². The molecule has 12 N–H and O–H groups in total. The molecule has 4 aromatic rings. The van der Waals surface area contributed by atoms with Gasteiger partial charge < -0.3 is 58.3 Å². The van der Waals surface area contributed by atoms with Crippen LogP contribution in [0.1, 0.15) is 0 Å². The second kappa shape index (κ2) is 16.2. The number of nitrogens with one attached hydrogen (secondary N) is 6. The number of rotatable bonds is 18. The molecule has 0 aliphatic rings. The molecule has 0 fully saturated rings. The SMILES string of the molecule is Nc1ccc(Nc2nc(NCCO)nc(NCCOCCNc3nc(NCCO)nc(Nc4cccc(N)c4)n3)n2)cc1. The van der Waals surface area contributed by atoms with E-state index in [0.29, 0.717) is 79.9 Å². The maximum atomic E-state index is 9.15. The third kappa shape index (κ3) is 10.6. The summed E-state index contributed by atoms with van der Waals surface area (Å²) < 4.78 is 5.72. The molecule has 0 aliphatic carbocycles. The Morgan fingerprint density at radius 2 is 1.00 bits per heavy atom. The fourth-order valence-corrected chi connectivity index (χ4v) is 3.53. The summed E-state index contributed by atoms with van der Waals surface area (Å²) in [4.78, 5) is 26.1. The van der Waals surface area contributed by atoms with E-state index in [1.807, 2.05) is 24.3 Å². The van der Waals surface area contributed by atoms with Gasteiger partial charge in [0.25, 0.3) is 0 Å². The van der Waals surface area contributed by atoms with E-state index in [0.717, 1.165) is 11.4 Å². The van der Waals surface area contributed by atoms with Gasteiger partial charge in [0.1, 0.15) is 0 Å². The Labute approximate surface area is 248 Å². The number of ether oxygens (including phenoxy) is 1. The fraction of sp³-hybridized carbons (Fsp3) is 0.308. The number of aromatic nitrogens is 6. The third-order valence-corrected chi connectivity index (χ3v) is 5.43. The summed E-state index contributed by atoms with van der Waals surface area (Å²) in [6.07, 6.45) is 0. The zero-order chi connectivity index (χ0) is 30.3. The zero-order valence-electron chi connectivity index (χ0n) is 23.4. The first-order valence-electron chi connectivity index (χ1n) is 13.5. The van der Waals surface area contributed by atoms with Gasteiger partial charge in [-0.25, -0.2) is 0 Å². The standard InChI is InChI=1S/C26H36N14O3/c27-17-4-6-19(7-5-17)33-25-37-21(29-8-12-41)35-23(39-25)31-10-14-43-15-11-32-24-36-22(30-9-13-42)38-26(40-24)34-20-3-1-2-18(28)16-20/h1-7,16,41-42H,8-15,27-28H2,(H3,29,31,33,35,37,39)(H3,30,32,34,36,38,40). The van der Waals surface area contributed by atoms with Crippen molar-refractivity contribution in [2.24, 2.45) is 0 Å². The summed E-state index contributed by atoms with van der Waals surface area (Å²) in [7, 11) is 0. The van der Waals surface area contributed by atoms with Crippen LogP contribution in [0, 0.1) is 0 Å². The Hall–Kier alpha value is -5.26. The number of aliphatic hydroxyl groups is 2. The molecular weight excluding hydrogens is 556 g/mol. The second-order valence-corrected chi connectivity index (χ2v) is 8.88. The van der Waals surface area contributed by atoms with E-state index in [2.05, 4.69) is 61.8 Å². The minimum atomic E-state index is -0.0697. The molecular formula is C26H36N14O3. The molecule has 0 radical (unpaired) electrons. The van der Waals surface area contributed by atoms with E-state index in [4.69, 9.17) is 26.4 Å². The van der Waals surface area contributed by atoms with Crippen LogP contribution in [-0.4, -0.2) is 92.7 Å². The fourth-order valence-electron chi connectivity index (χ4n) is 3.53. The topological polar surface area (TPSA) is 251 Å². The molecule has 0 atom stereocenters. The zero-order valence-corrected chi connectivity index (χ0v) is 23.4. The van der Waals surface area contributed by atoms with Gasteiger partial charge in [0, 0.05) is 48.9 Å². The largest absolute Gasteiger partial charge is 0.399 e. The van der Waals surface area contributed by atoms with Crippen LogP contribution in [0.5, 0.6) is 0 Å². The van der Waals surface area contributed by atoms with Gasteiger partial charge in [0.2, 0.25) is 35.7 Å². The van der Waals surface area contributed by atoms with E-state index in [1.165, 1.54) is 0 Å². The molecule has 0 saturated heterocycles. The molecule has 0 saturated carbocycles. The van der Waals surface area contributed by atoms with Crippen molar-refractivity contribution >= 4 is 58.4 Å². The highest BCUT2D eigenvalue weighted by molar-refractivity contribution is 5.61. The number of nitrogens with two attached hydrogens (primary N) is 2. The van der Waals surface area contributed by atoms with E-state index >= 15 is 0 Å². The predicted octanol–water partition coefficient (Wildman–Crippen LogP) is 1.06. The van der Waals surface area contributed by atoms with Crippen molar-refractivity contribution in [3.63, 3.8) is 0 Å². The normalized spacial score (nSPS) is 10.7. The molecule has 0 amide bonds. The van der Waals surface area contributed by atoms with Crippen LogP contribution in [0.3, 0.4) is 0 Å². The van der Waals surface area contributed by atoms with Crippen molar-refractivity contribution < 1.29 is 14.9 Å². The lowest BCUT2D eigenvalue weighted by Gasteiger charge is -2.12. The van der Waals surface area contributed by atoms with E-state index in [9.17, 15) is 0 Å². The Kier molecular flexibility index (Phi) is 11.6. The monoisotopic (exact) mass is 592 g/mol. The van der Waals surface area contributed by atoms with Crippen LogP contribution in [-0.2, 0) is 4.74 Å². The molecule has 17 heteroatoms. The lowest BCUT2D eigenvalue weighted by molar-refractivity contribution is 0.154. The van der Waals surface area contributed by atoms with Gasteiger partial charge >= 0.3 is 0 Å². The minimum absolute atomic E-state index is 0.0674. The highest BCUT2D eigenvalue weighted by atomic mass is 16.5. The summed E-state index contributed by atoms with van der Waals surface area (Å²) in [5, 5.41) is 36.6. The highest BCUT2D eigenvalue weighted by Gasteiger charge is 2.09. The third-order valence-electron chi connectivity index (χ3n) is 5.43. The van der Waals surface area contributed by atoms with Gasteiger partial charge in [-0.1, -0.05) is 6.07 Å². The first-order chi connectivity index (χ1) is 21.0. The minimum Gasteiger partial charge on any atom is -0.399 e. The van der Waals surface area contributed by atoms with E-state index in [-0.39, 0.29) is 19.8 Å². The quantitative estimate of drug-likeness (QED) is 0.0572. The maximum absolute atomic E-state index is 9.15. The Bertz CT molecular complexity index is 1430. The molecule has 0 aliphatic heterocycles. The summed E-state index contributed by atoms with van der Waals surface area (Å²) in [6.45, 7) is 2.04. The highest BCUT2D eigenvalue weighted by Crippen LogP contribution is 2.19. The van der Waals surface area contributed by atoms with Crippen LogP contribution >= 0.6 is 0 Å². The van der Waals surface area contributed by atoms with Gasteiger partial charge in [-0.05, 0) is 42.5 Å². The molecule has 43 heavy (non-hydrogen) atoms. The smallest absolute Gasteiger partial charge is 0.233 e. The Balaban J connectivity index is 1.26. The van der Waals surface area contributed by atoms with Crippen molar-refractivity contribution in [3.05, 3.63) is 48.5 Å². The summed E-state index contributed by atoms with van der Waals surface area (Å²) in [5.41, 5.74) is 14.4. The number of anilines is 10. The van der Waals surface area contributed by atoms with Crippen LogP contribution < -0.4 is 43.4 Å². The first-order valence-corrected chi connectivity index (χ1v) is 13.5. The van der Waals surface area contributed by atoms with E-state index in [1.54, 1.807) is 24.3 Å². The van der Waals surface area contributed by atoms with Crippen molar-refractivity contribution in [1.29, 1.82) is 0 Å². The van der Waals surface area contributed by atoms with Crippen molar-refractivity contribution in [2.75, 3.05) is 96.0 Å². The molecule has 17 nitrogen and oxygen atoms in total. The lowest BCUT2D eigenvalue weighted by Crippen LogP contribution is -2.18. The molecule has 228 valence electrons. The molecule has 0 unspecified atom stereocenters. The van der Waals surface area contributed by atoms with Crippen molar-refractivity contribution in [1.82, 2.24) is 29.9 Å². The first kappa shape index (κ1) is 30.7. The Morgan fingerprint density at radius 1 is 0.535 bits per heavy atom. The number of benzene rings is 2. The molecule has 4 rings (SSSR count). The molecule has 0 spiro atoms. The maximum Gasteiger partial charge on any atom is 0.233 e. The summed E-state index contributed by atoms with van der Waals surface area (Å²) in [6, 6.07) is 14.4. The van der Waals surface area contributed by atoms with Gasteiger partial charge in [-0.3, -0.25) is 0 Å². The average molecular weight is 593 g/mol. The van der Waals surface area contributed by atoms with Gasteiger partial charge in [-0.15, -0.1) is 0 Å². The summed E-state index contributed by atoms with van der Waals surface area (Å²) >= 11 is 0. The van der Waals surface area contributed by atoms with Crippen molar-refractivity contribution in [3.8, 4) is 0 Å². The van der Waals surface area contributed by atoms with Crippen LogP contribution in [0.4, 0.5) is 58.4 Å². The second-order valence-electron chi connectivity index (χ2n) is 8.88. The number of hydrogen-bond donors (Lipinski definition) is 10. The predicted molar refractivity (Wildman–Crippen MR) is 167 cm³/mol.